The summed E-state index contributed by atoms with van der Waals surface area (Å²) in [4.78, 5) is 13.4. The fourth-order valence-corrected chi connectivity index (χ4v) is 0.940. The zero-order chi connectivity index (χ0) is 10.2. The molecular formula is C10H10FNO2. The van der Waals surface area contributed by atoms with Crippen molar-refractivity contribution >= 4 is 11.8 Å². The number of benzene rings is 1. The number of carbonyl (C=O) groups excluding carboxylic acids is 1. The van der Waals surface area contributed by atoms with E-state index in [1.54, 1.807) is 24.3 Å². The van der Waals surface area contributed by atoms with E-state index in [1.165, 1.54) is 6.08 Å². The molecule has 4 heteroatoms. The van der Waals surface area contributed by atoms with Crippen LogP contribution in [-0.4, -0.2) is 19.4 Å². The van der Waals surface area contributed by atoms with Gasteiger partial charge in [0.15, 0.2) is 0 Å². The maximum atomic E-state index is 11.7. The number of ether oxygens (including phenoxy) is 1. The van der Waals surface area contributed by atoms with Crippen LogP contribution in [0.3, 0.4) is 0 Å². The Hall–Kier alpha value is -1.67. The lowest BCUT2D eigenvalue weighted by Crippen LogP contribution is -1.97. The van der Waals surface area contributed by atoms with Crippen molar-refractivity contribution in [3.63, 3.8) is 0 Å². The summed E-state index contributed by atoms with van der Waals surface area (Å²) in [6, 6.07) is 6.69. The second-order valence-corrected chi connectivity index (χ2v) is 2.59. The Morgan fingerprint density at radius 3 is 3.07 bits per heavy atom. The van der Waals surface area contributed by atoms with Crippen molar-refractivity contribution < 1.29 is 13.9 Å². The smallest absolute Gasteiger partial charge is 0.240 e. The van der Waals surface area contributed by atoms with Gasteiger partial charge in [0.25, 0.3) is 0 Å². The summed E-state index contributed by atoms with van der Waals surface area (Å²) >= 11 is 0. The van der Waals surface area contributed by atoms with E-state index in [0.717, 1.165) is 0 Å². The van der Waals surface area contributed by atoms with Crippen molar-refractivity contribution in [1.82, 2.24) is 0 Å². The van der Waals surface area contributed by atoms with Crippen LogP contribution in [0.1, 0.15) is 6.42 Å². The largest absolute Gasteiger partial charge is 0.493 e. The van der Waals surface area contributed by atoms with Gasteiger partial charge in [-0.15, -0.1) is 0 Å². The molecule has 0 heterocycles. The first kappa shape index (κ1) is 10.4. The zero-order valence-corrected chi connectivity index (χ0v) is 7.57. The Labute approximate surface area is 81.2 Å². The molecule has 0 aliphatic heterocycles. The lowest BCUT2D eigenvalue weighted by atomic mass is 10.3. The van der Waals surface area contributed by atoms with Crippen LogP contribution in [0.25, 0.3) is 0 Å². The van der Waals surface area contributed by atoms with E-state index in [4.69, 9.17) is 4.74 Å². The number of isocyanates is 1. The molecule has 1 rings (SSSR count). The molecule has 3 nitrogen and oxygen atoms in total. The van der Waals surface area contributed by atoms with E-state index in [-0.39, 0.29) is 0 Å². The SMILES string of the molecule is O=C=Nc1cccc(OCCCF)c1. The van der Waals surface area contributed by atoms with Crippen LogP contribution in [0.5, 0.6) is 5.75 Å². The van der Waals surface area contributed by atoms with Crippen LogP contribution in [0.4, 0.5) is 10.1 Å². The van der Waals surface area contributed by atoms with Gasteiger partial charge >= 0.3 is 0 Å². The summed E-state index contributed by atoms with van der Waals surface area (Å²) in [5, 5.41) is 0. The van der Waals surface area contributed by atoms with Gasteiger partial charge in [-0.1, -0.05) is 6.07 Å². The van der Waals surface area contributed by atoms with Crippen LogP contribution in [-0.2, 0) is 4.79 Å². The highest BCUT2D eigenvalue weighted by molar-refractivity contribution is 5.51. The van der Waals surface area contributed by atoms with Gasteiger partial charge in [-0.2, -0.15) is 4.99 Å². The third-order valence-electron chi connectivity index (χ3n) is 1.54. The maximum absolute atomic E-state index is 11.7. The Morgan fingerprint density at radius 2 is 2.36 bits per heavy atom. The summed E-state index contributed by atoms with van der Waals surface area (Å²) < 4.78 is 16.9. The van der Waals surface area contributed by atoms with Crippen molar-refractivity contribution in [2.75, 3.05) is 13.3 Å². The van der Waals surface area contributed by atoms with Crippen molar-refractivity contribution in [3.8, 4) is 5.75 Å². The minimum atomic E-state index is -0.397. The molecule has 0 saturated carbocycles. The molecule has 0 radical (unpaired) electrons. The number of halogens is 1. The predicted octanol–water partition coefficient (Wildman–Crippen LogP) is 2.39. The number of hydrogen-bond donors (Lipinski definition) is 0. The van der Waals surface area contributed by atoms with Crippen molar-refractivity contribution in [2.24, 2.45) is 4.99 Å². The Balaban J connectivity index is 2.59. The molecule has 74 valence electrons. The van der Waals surface area contributed by atoms with E-state index in [2.05, 4.69) is 4.99 Å². The normalized spacial score (nSPS) is 9.21. The first-order valence-corrected chi connectivity index (χ1v) is 4.23. The molecule has 1 aromatic rings. The number of hydrogen-bond acceptors (Lipinski definition) is 3. The quantitative estimate of drug-likeness (QED) is 0.411. The van der Waals surface area contributed by atoms with Crippen LogP contribution < -0.4 is 4.74 Å². The number of alkyl halides is 1. The Morgan fingerprint density at radius 1 is 1.50 bits per heavy atom. The van der Waals surface area contributed by atoms with Gasteiger partial charge in [-0.05, 0) is 12.1 Å². The van der Waals surface area contributed by atoms with Crippen molar-refractivity contribution in [3.05, 3.63) is 24.3 Å². The molecule has 0 N–H and O–H groups in total. The molecule has 1 aromatic carbocycles. The number of nitrogens with zero attached hydrogens (tertiary/aromatic N) is 1. The maximum Gasteiger partial charge on any atom is 0.240 e. The summed E-state index contributed by atoms with van der Waals surface area (Å²) in [6.07, 6.45) is 1.80. The van der Waals surface area contributed by atoms with Gasteiger partial charge in [0, 0.05) is 12.5 Å². The second kappa shape index (κ2) is 5.89. The molecule has 0 bridgehead atoms. The summed E-state index contributed by atoms with van der Waals surface area (Å²) in [6.45, 7) is -0.0725. The molecule has 0 aliphatic rings. The first-order valence-electron chi connectivity index (χ1n) is 4.23. The average molecular weight is 195 g/mol. The van der Waals surface area contributed by atoms with Crippen LogP contribution in [0.2, 0.25) is 0 Å². The molecule has 0 saturated heterocycles. The molecule has 0 atom stereocenters. The fraction of sp³-hybridized carbons (Fsp3) is 0.300. The lowest BCUT2D eigenvalue weighted by Gasteiger charge is -2.04. The number of aliphatic imine (C=N–C) groups is 1. The summed E-state index contributed by atoms with van der Waals surface area (Å²) in [5.74, 6) is 0.579. The van der Waals surface area contributed by atoms with Crippen molar-refractivity contribution in [1.29, 1.82) is 0 Å². The number of rotatable bonds is 5. The van der Waals surface area contributed by atoms with E-state index >= 15 is 0 Å². The van der Waals surface area contributed by atoms with E-state index < -0.39 is 6.67 Å². The highest BCUT2D eigenvalue weighted by atomic mass is 19.1. The summed E-state index contributed by atoms with van der Waals surface area (Å²) in [7, 11) is 0. The molecular weight excluding hydrogens is 185 g/mol. The van der Waals surface area contributed by atoms with Gasteiger partial charge in [0.1, 0.15) is 5.75 Å². The first-order chi connectivity index (χ1) is 6.86. The molecule has 0 unspecified atom stereocenters. The van der Waals surface area contributed by atoms with Gasteiger partial charge in [-0.3, -0.25) is 4.39 Å². The average Bonchev–Trinajstić information content (AvgIpc) is 2.19. The summed E-state index contributed by atoms with van der Waals surface area (Å²) in [5.41, 5.74) is 0.484. The van der Waals surface area contributed by atoms with E-state index in [9.17, 15) is 9.18 Å². The lowest BCUT2D eigenvalue weighted by molar-refractivity contribution is 0.290. The fourth-order valence-electron chi connectivity index (χ4n) is 0.940. The minimum absolute atomic E-state index is 0.324. The molecule has 0 spiro atoms. The highest BCUT2D eigenvalue weighted by Gasteiger charge is 1.95. The van der Waals surface area contributed by atoms with Gasteiger partial charge in [0.2, 0.25) is 6.08 Å². The van der Waals surface area contributed by atoms with Gasteiger partial charge in [0.05, 0.1) is 19.0 Å². The van der Waals surface area contributed by atoms with Gasteiger partial charge in [-0.25, -0.2) is 4.79 Å². The predicted molar refractivity (Wildman–Crippen MR) is 50.3 cm³/mol. The Bertz CT molecular complexity index is 335. The minimum Gasteiger partial charge on any atom is -0.493 e. The highest BCUT2D eigenvalue weighted by Crippen LogP contribution is 2.19. The van der Waals surface area contributed by atoms with Crippen LogP contribution in [0.15, 0.2) is 29.3 Å². The molecule has 0 amide bonds. The molecule has 14 heavy (non-hydrogen) atoms. The Kier molecular flexibility index (Phi) is 4.38. The molecule has 0 aliphatic carbocycles. The zero-order valence-electron chi connectivity index (χ0n) is 7.57. The second-order valence-electron chi connectivity index (χ2n) is 2.59. The monoisotopic (exact) mass is 195 g/mol. The molecule has 0 aromatic heterocycles. The van der Waals surface area contributed by atoms with Gasteiger partial charge < -0.3 is 4.74 Å². The molecule has 0 fully saturated rings. The van der Waals surface area contributed by atoms with E-state index in [0.29, 0.717) is 24.5 Å². The topological polar surface area (TPSA) is 38.7 Å². The van der Waals surface area contributed by atoms with Crippen LogP contribution in [0, 0.1) is 0 Å². The van der Waals surface area contributed by atoms with E-state index in [1.807, 2.05) is 0 Å². The third kappa shape index (κ3) is 3.37. The third-order valence-corrected chi connectivity index (χ3v) is 1.54. The van der Waals surface area contributed by atoms with Crippen molar-refractivity contribution in [2.45, 2.75) is 6.42 Å². The van der Waals surface area contributed by atoms with Crippen LogP contribution >= 0.6 is 0 Å². The standard InChI is InChI=1S/C10H10FNO2/c11-5-2-6-14-10-4-1-3-9(7-10)12-8-13/h1,3-4,7H,2,5-6H2.